The number of nitrogens with zero attached hydrogens (tertiary/aromatic N) is 1. The molecule has 1 aliphatic carbocycles. The molecule has 3 rings (SSSR count). The molecule has 1 aromatic carbocycles. The van der Waals surface area contributed by atoms with Crippen molar-refractivity contribution >= 4 is 21.6 Å². The van der Waals surface area contributed by atoms with Crippen LogP contribution in [-0.4, -0.2) is 27.4 Å². The first-order valence-electron chi connectivity index (χ1n) is 6.39. The van der Waals surface area contributed by atoms with E-state index < -0.39 is 10.0 Å². The molecule has 19 heavy (non-hydrogen) atoms. The third-order valence-electron chi connectivity index (χ3n) is 3.60. The molecule has 0 saturated heterocycles. The number of carbonyl (C=O) groups excluding carboxylic acids is 1. The Kier molecular flexibility index (Phi) is 2.87. The van der Waals surface area contributed by atoms with Crippen LogP contribution in [0.15, 0.2) is 23.1 Å². The van der Waals surface area contributed by atoms with E-state index in [0.717, 1.165) is 24.1 Å². The largest absolute Gasteiger partial charge is 0.315 e. The van der Waals surface area contributed by atoms with Crippen LogP contribution >= 0.6 is 0 Å². The molecule has 1 aromatic rings. The fraction of sp³-hybridized carbons (Fsp3) is 0.462. The van der Waals surface area contributed by atoms with E-state index in [1.165, 1.54) is 0 Å². The Balaban J connectivity index is 1.95. The molecule has 0 atom stereocenters. The number of amides is 1. The quantitative estimate of drug-likeness (QED) is 0.899. The third-order valence-corrected chi connectivity index (χ3v) is 5.12. The van der Waals surface area contributed by atoms with Gasteiger partial charge >= 0.3 is 0 Å². The number of anilines is 1. The molecule has 1 heterocycles. The normalized spacial score (nSPS) is 19.4. The maximum Gasteiger partial charge on any atom is 0.240 e. The molecular weight excluding hydrogens is 264 g/mol. The number of sulfonamides is 1. The van der Waals surface area contributed by atoms with Crippen molar-refractivity contribution < 1.29 is 13.2 Å². The minimum Gasteiger partial charge on any atom is -0.315 e. The number of benzene rings is 1. The lowest BCUT2D eigenvalue weighted by molar-refractivity contribution is -0.118. The molecule has 1 fully saturated rings. The van der Waals surface area contributed by atoms with Gasteiger partial charge in [-0.15, -0.1) is 0 Å². The molecule has 0 radical (unpaired) electrons. The highest BCUT2D eigenvalue weighted by Crippen LogP contribution is 2.29. The Hall–Kier alpha value is -1.40. The molecule has 1 aliphatic heterocycles. The number of hydrogen-bond acceptors (Lipinski definition) is 3. The lowest BCUT2D eigenvalue weighted by Gasteiger charge is -2.26. The molecule has 6 heteroatoms. The van der Waals surface area contributed by atoms with Crippen molar-refractivity contribution in [2.24, 2.45) is 0 Å². The fourth-order valence-electron chi connectivity index (χ4n) is 2.29. The van der Waals surface area contributed by atoms with Crippen LogP contribution in [0.1, 0.15) is 24.8 Å². The van der Waals surface area contributed by atoms with Crippen LogP contribution in [0.4, 0.5) is 5.69 Å². The summed E-state index contributed by atoms with van der Waals surface area (Å²) in [4.78, 5) is 13.5. The van der Waals surface area contributed by atoms with Crippen LogP contribution in [0.5, 0.6) is 0 Å². The number of hydrogen-bond donors (Lipinski definition) is 1. The SMILES string of the molecule is CN1C(=O)CCc2cc(S(=O)(=O)NC3CC3)ccc21. The van der Waals surface area contributed by atoms with Crippen LogP contribution in [0.3, 0.4) is 0 Å². The topological polar surface area (TPSA) is 66.5 Å². The highest BCUT2D eigenvalue weighted by molar-refractivity contribution is 7.89. The summed E-state index contributed by atoms with van der Waals surface area (Å²) in [6, 6.07) is 5.07. The fourth-order valence-corrected chi connectivity index (χ4v) is 3.64. The van der Waals surface area contributed by atoms with E-state index in [2.05, 4.69) is 4.72 Å². The first-order chi connectivity index (χ1) is 8.97. The van der Waals surface area contributed by atoms with E-state index in [-0.39, 0.29) is 11.9 Å². The van der Waals surface area contributed by atoms with Crippen LogP contribution < -0.4 is 9.62 Å². The summed E-state index contributed by atoms with van der Waals surface area (Å²) in [5.41, 5.74) is 1.72. The number of rotatable bonds is 3. The summed E-state index contributed by atoms with van der Waals surface area (Å²) >= 11 is 0. The molecule has 102 valence electrons. The molecule has 1 N–H and O–H groups in total. The van der Waals surface area contributed by atoms with Crippen molar-refractivity contribution in [2.45, 2.75) is 36.6 Å². The second-order valence-corrected chi connectivity index (χ2v) is 6.85. The van der Waals surface area contributed by atoms with E-state index in [1.807, 2.05) is 0 Å². The summed E-state index contributed by atoms with van der Waals surface area (Å²) in [7, 11) is -1.70. The van der Waals surface area contributed by atoms with E-state index in [0.29, 0.717) is 17.7 Å². The highest BCUT2D eigenvalue weighted by atomic mass is 32.2. The summed E-state index contributed by atoms with van der Waals surface area (Å²) in [6.07, 6.45) is 2.87. The van der Waals surface area contributed by atoms with Gasteiger partial charge in [-0.3, -0.25) is 4.79 Å². The number of nitrogens with one attached hydrogen (secondary N) is 1. The van der Waals surface area contributed by atoms with E-state index in [4.69, 9.17) is 0 Å². The molecule has 2 aliphatic rings. The van der Waals surface area contributed by atoms with Gasteiger partial charge in [-0.2, -0.15) is 0 Å². The number of carbonyl (C=O) groups is 1. The Morgan fingerprint density at radius 1 is 1.26 bits per heavy atom. The lowest BCUT2D eigenvalue weighted by Crippen LogP contribution is -2.31. The van der Waals surface area contributed by atoms with Gasteiger partial charge in [-0.25, -0.2) is 13.1 Å². The second kappa shape index (κ2) is 4.31. The Morgan fingerprint density at radius 2 is 2.00 bits per heavy atom. The highest BCUT2D eigenvalue weighted by Gasteiger charge is 2.29. The minimum absolute atomic E-state index is 0.0687. The van der Waals surface area contributed by atoms with Gasteiger partial charge in [0.15, 0.2) is 0 Å². The summed E-state index contributed by atoms with van der Waals surface area (Å²) < 4.78 is 26.9. The summed E-state index contributed by atoms with van der Waals surface area (Å²) in [5.74, 6) is 0.0687. The predicted octanol–water partition coefficient (Wildman–Crippen LogP) is 1.04. The van der Waals surface area contributed by atoms with E-state index in [9.17, 15) is 13.2 Å². The van der Waals surface area contributed by atoms with E-state index in [1.54, 1.807) is 30.1 Å². The standard InChI is InChI=1S/C13H16N2O3S/c1-15-12-6-5-11(8-9(12)2-7-13(15)16)19(17,18)14-10-3-4-10/h5-6,8,10,14H,2-4,7H2,1H3. The zero-order chi connectivity index (χ0) is 13.6. The average molecular weight is 280 g/mol. The molecule has 5 nitrogen and oxygen atoms in total. The zero-order valence-electron chi connectivity index (χ0n) is 10.7. The van der Waals surface area contributed by atoms with Gasteiger partial charge in [-0.05, 0) is 43.0 Å². The van der Waals surface area contributed by atoms with Crippen molar-refractivity contribution in [1.82, 2.24) is 4.72 Å². The van der Waals surface area contributed by atoms with Gasteiger partial charge in [0.25, 0.3) is 0 Å². The van der Waals surface area contributed by atoms with Gasteiger partial charge in [-0.1, -0.05) is 0 Å². The monoisotopic (exact) mass is 280 g/mol. The molecule has 1 amide bonds. The molecule has 0 spiro atoms. The molecule has 0 aromatic heterocycles. The van der Waals surface area contributed by atoms with Gasteiger partial charge in [0.2, 0.25) is 15.9 Å². The van der Waals surface area contributed by atoms with Crippen LogP contribution in [-0.2, 0) is 21.2 Å². The smallest absolute Gasteiger partial charge is 0.240 e. The minimum atomic E-state index is -3.41. The second-order valence-electron chi connectivity index (χ2n) is 5.14. The van der Waals surface area contributed by atoms with Crippen LogP contribution in [0.2, 0.25) is 0 Å². The lowest BCUT2D eigenvalue weighted by atomic mass is 10.0. The van der Waals surface area contributed by atoms with Crippen molar-refractivity contribution in [2.75, 3.05) is 11.9 Å². The maximum absolute atomic E-state index is 12.1. The van der Waals surface area contributed by atoms with Crippen LogP contribution in [0, 0.1) is 0 Å². The number of aryl methyl sites for hydroxylation is 1. The van der Waals surface area contributed by atoms with Crippen molar-refractivity contribution in [1.29, 1.82) is 0 Å². The van der Waals surface area contributed by atoms with Crippen molar-refractivity contribution in [3.63, 3.8) is 0 Å². The van der Waals surface area contributed by atoms with Gasteiger partial charge in [0, 0.05) is 25.2 Å². The zero-order valence-corrected chi connectivity index (χ0v) is 11.5. The summed E-state index contributed by atoms with van der Waals surface area (Å²) in [5, 5.41) is 0. The molecule has 0 unspecified atom stereocenters. The first kappa shape index (κ1) is 12.6. The average Bonchev–Trinajstić information content (AvgIpc) is 3.17. The Bertz CT molecular complexity index is 635. The predicted molar refractivity (Wildman–Crippen MR) is 71.5 cm³/mol. The molecule has 0 bridgehead atoms. The Labute approximate surface area is 112 Å². The van der Waals surface area contributed by atoms with E-state index >= 15 is 0 Å². The summed E-state index contributed by atoms with van der Waals surface area (Å²) in [6.45, 7) is 0. The molecular formula is C13H16N2O3S. The Morgan fingerprint density at radius 3 is 2.68 bits per heavy atom. The first-order valence-corrected chi connectivity index (χ1v) is 7.87. The van der Waals surface area contributed by atoms with Crippen molar-refractivity contribution in [3.05, 3.63) is 23.8 Å². The maximum atomic E-state index is 12.1. The van der Waals surface area contributed by atoms with Crippen LogP contribution in [0.25, 0.3) is 0 Å². The number of fused-ring (bicyclic) bond motifs is 1. The molecule has 1 saturated carbocycles. The van der Waals surface area contributed by atoms with Crippen molar-refractivity contribution in [3.8, 4) is 0 Å². The van der Waals surface area contributed by atoms with Gasteiger partial charge in [0.1, 0.15) is 0 Å². The van der Waals surface area contributed by atoms with Gasteiger partial charge < -0.3 is 4.90 Å². The third kappa shape index (κ3) is 2.37. The van der Waals surface area contributed by atoms with Gasteiger partial charge in [0.05, 0.1) is 4.90 Å².